The molecule has 0 spiro atoms. The molecule has 1 amide bonds. The highest BCUT2D eigenvalue weighted by Crippen LogP contribution is 2.38. The standard InChI is InChI=1S/C26H21BrN4O3/c1-2-33-23-14-17(12-18(15-28)26-30-21-10-6-7-11-22(21)31-26)13-20(27)25(23)34-16-24(32)29-19-8-4-3-5-9-19/h3-14H,2,16H2,1H3,(H,29,32)(H,30,31)/b18-12+. The molecule has 1 heterocycles. The van der Waals surface area contributed by atoms with Crippen LogP contribution in [-0.4, -0.2) is 29.1 Å². The summed E-state index contributed by atoms with van der Waals surface area (Å²) in [5.41, 5.74) is 3.42. The number of ether oxygens (including phenoxy) is 2. The Labute approximate surface area is 205 Å². The summed E-state index contributed by atoms with van der Waals surface area (Å²) < 4.78 is 12.1. The van der Waals surface area contributed by atoms with Gasteiger partial charge < -0.3 is 19.8 Å². The number of benzene rings is 3. The number of aromatic nitrogens is 2. The smallest absolute Gasteiger partial charge is 0.262 e. The van der Waals surface area contributed by atoms with E-state index in [9.17, 15) is 10.1 Å². The molecule has 0 bridgehead atoms. The quantitative estimate of drug-likeness (QED) is 0.288. The fourth-order valence-electron chi connectivity index (χ4n) is 3.33. The number of imidazole rings is 1. The molecule has 8 heteroatoms. The van der Waals surface area contributed by atoms with E-state index in [1.165, 1.54) is 0 Å². The Morgan fingerprint density at radius 3 is 2.65 bits per heavy atom. The molecule has 0 saturated heterocycles. The van der Waals surface area contributed by atoms with E-state index in [-0.39, 0.29) is 12.5 Å². The van der Waals surface area contributed by atoms with Crippen molar-refractivity contribution in [3.05, 3.63) is 82.6 Å². The van der Waals surface area contributed by atoms with Gasteiger partial charge in [-0.15, -0.1) is 0 Å². The maximum absolute atomic E-state index is 12.3. The summed E-state index contributed by atoms with van der Waals surface area (Å²) in [4.78, 5) is 20.0. The van der Waals surface area contributed by atoms with Crippen LogP contribution in [0.25, 0.3) is 22.7 Å². The molecule has 0 radical (unpaired) electrons. The molecule has 4 aromatic rings. The Kier molecular flexibility index (Phi) is 7.25. The fourth-order valence-corrected chi connectivity index (χ4v) is 3.91. The number of nitrogens with one attached hydrogen (secondary N) is 2. The number of aromatic amines is 1. The maximum atomic E-state index is 12.3. The average molecular weight is 517 g/mol. The second-order valence-corrected chi connectivity index (χ2v) is 8.09. The van der Waals surface area contributed by atoms with Gasteiger partial charge in [0.15, 0.2) is 18.1 Å². The van der Waals surface area contributed by atoms with Gasteiger partial charge in [-0.05, 0) is 70.9 Å². The normalized spacial score (nSPS) is 11.1. The predicted molar refractivity (Wildman–Crippen MR) is 135 cm³/mol. The van der Waals surface area contributed by atoms with Crippen molar-refractivity contribution in [2.24, 2.45) is 0 Å². The number of allylic oxidation sites excluding steroid dienone is 1. The summed E-state index contributed by atoms with van der Waals surface area (Å²) in [6.45, 7) is 2.07. The van der Waals surface area contributed by atoms with Crippen molar-refractivity contribution in [3.8, 4) is 17.6 Å². The number of hydrogen-bond acceptors (Lipinski definition) is 5. The van der Waals surface area contributed by atoms with E-state index in [1.54, 1.807) is 30.3 Å². The first-order valence-corrected chi connectivity index (χ1v) is 11.4. The number of rotatable bonds is 8. The van der Waals surface area contributed by atoms with E-state index in [2.05, 4.69) is 37.3 Å². The third-order valence-electron chi connectivity index (χ3n) is 4.81. The van der Waals surface area contributed by atoms with E-state index >= 15 is 0 Å². The van der Waals surface area contributed by atoms with Gasteiger partial charge in [-0.1, -0.05) is 30.3 Å². The lowest BCUT2D eigenvalue weighted by molar-refractivity contribution is -0.118. The summed E-state index contributed by atoms with van der Waals surface area (Å²) >= 11 is 3.51. The second-order valence-electron chi connectivity index (χ2n) is 7.24. The van der Waals surface area contributed by atoms with Crippen molar-refractivity contribution in [3.63, 3.8) is 0 Å². The number of amides is 1. The SMILES string of the molecule is CCOc1cc(/C=C(\C#N)c2nc3ccccc3[nH]2)cc(Br)c1OCC(=O)Nc1ccccc1. The molecule has 4 rings (SSSR count). The molecule has 2 N–H and O–H groups in total. The molecule has 7 nitrogen and oxygen atoms in total. The zero-order chi connectivity index (χ0) is 23.9. The first-order valence-electron chi connectivity index (χ1n) is 10.6. The van der Waals surface area contributed by atoms with Gasteiger partial charge in [0.1, 0.15) is 11.9 Å². The van der Waals surface area contributed by atoms with Gasteiger partial charge in [0, 0.05) is 5.69 Å². The van der Waals surface area contributed by atoms with E-state index < -0.39 is 0 Å². The predicted octanol–water partition coefficient (Wildman–Crippen LogP) is 5.81. The maximum Gasteiger partial charge on any atom is 0.262 e. The van der Waals surface area contributed by atoms with Crippen molar-refractivity contribution in [2.75, 3.05) is 18.5 Å². The molecule has 0 aliphatic heterocycles. The zero-order valence-corrected chi connectivity index (χ0v) is 19.9. The van der Waals surface area contributed by atoms with Crippen molar-refractivity contribution in [1.82, 2.24) is 9.97 Å². The van der Waals surface area contributed by atoms with Crippen LogP contribution in [0.5, 0.6) is 11.5 Å². The van der Waals surface area contributed by atoms with Crippen molar-refractivity contribution in [2.45, 2.75) is 6.92 Å². The molecule has 34 heavy (non-hydrogen) atoms. The summed E-state index contributed by atoms with van der Waals surface area (Å²) in [6.07, 6.45) is 1.72. The van der Waals surface area contributed by atoms with Gasteiger partial charge in [0.2, 0.25) is 0 Å². The highest BCUT2D eigenvalue weighted by Gasteiger charge is 2.15. The minimum absolute atomic E-state index is 0.189. The summed E-state index contributed by atoms with van der Waals surface area (Å²) in [6, 6.07) is 22.5. The Morgan fingerprint density at radius 1 is 1.15 bits per heavy atom. The van der Waals surface area contributed by atoms with Crippen LogP contribution in [-0.2, 0) is 4.79 Å². The number of H-pyrrole nitrogens is 1. The van der Waals surface area contributed by atoms with E-state index in [1.807, 2.05) is 49.4 Å². The third-order valence-corrected chi connectivity index (χ3v) is 5.40. The molecule has 0 saturated carbocycles. The Balaban J connectivity index is 1.57. The van der Waals surface area contributed by atoms with E-state index in [0.29, 0.717) is 45.2 Å². The Morgan fingerprint density at radius 2 is 1.91 bits per heavy atom. The topological polar surface area (TPSA) is 100 Å². The molecule has 0 atom stereocenters. The van der Waals surface area contributed by atoms with Crippen LogP contribution in [0.3, 0.4) is 0 Å². The van der Waals surface area contributed by atoms with Gasteiger partial charge >= 0.3 is 0 Å². The molecule has 0 aliphatic carbocycles. The molecule has 1 aromatic heterocycles. The van der Waals surface area contributed by atoms with Gasteiger partial charge in [-0.2, -0.15) is 5.26 Å². The number of para-hydroxylation sites is 3. The molecule has 0 fully saturated rings. The second kappa shape index (κ2) is 10.7. The summed E-state index contributed by atoms with van der Waals surface area (Å²) in [5, 5.41) is 12.5. The number of fused-ring (bicyclic) bond motifs is 1. The van der Waals surface area contributed by atoms with E-state index in [0.717, 1.165) is 11.0 Å². The summed E-state index contributed by atoms with van der Waals surface area (Å²) in [7, 11) is 0. The van der Waals surface area contributed by atoms with Crippen LogP contribution in [0.4, 0.5) is 5.69 Å². The van der Waals surface area contributed by atoms with Gasteiger partial charge in [-0.25, -0.2) is 4.98 Å². The fraction of sp³-hybridized carbons (Fsp3) is 0.115. The van der Waals surface area contributed by atoms with E-state index in [4.69, 9.17) is 9.47 Å². The molecule has 0 unspecified atom stereocenters. The molecular weight excluding hydrogens is 496 g/mol. The lowest BCUT2D eigenvalue weighted by Crippen LogP contribution is -2.20. The molecule has 0 aliphatic rings. The van der Waals surface area contributed by atoms with Crippen molar-refractivity contribution in [1.29, 1.82) is 5.26 Å². The Bertz CT molecular complexity index is 1360. The van der Waals surface area contributed by atoms with Gasteiger partial charge in [0.25, 0.3) is 5.91 Å². The minimum Gasteiger partial charge on any atom is -0.490 e. The summed E-state index contributed by atoms with van der Waals surface area (Å²) in [5.74, 6) is 1.05. The van der Waals surface area contributed by atoms with Crippen molar-refractivity contribution < 1.29 is 14.3 Å². The van der Waals surface area contributed by atoms with Crippen LogP contribution < -0.4 is 14.8 Å². The van der Waals surface area contributed by atoms with Crippen LogP contribution in [0.15, 0.2) is 71.2 Å². The number of nitrogens with zero attached hydrogens (tertiary/aromatic N) is 2. The largest absolute Gasteiger partial charge is 0.490 e. The number of carbonyl (C=O) groups excluding carboxylic acids is 1. The van der Waals surface area contributed by atoms with Crippen molar-refractivity contribution >= 4 is 50.2 Å². The molecule has 3 aromatic carbocycles. The monoisotopic (exact) mass is 516 g/mol. The number of anilines is 1. The lowest BCUT2D eigenvalue weighted by atomic mass is 10.1. The third kappa shape index (κ3) is 5.45. The number of hydrogen-bond donors (Lipinski definition) is 2. The zero-order valence-electron chi connectivity index (χ0n) is 18.3. The van der Waals surface area contributed by atoms with Crippen LogP contribution in [0.1, 0.15) is 18.3 Å². The number of carbonyl (C=O) groups is 1. The number of nitriles is 1. The first-order chi connectivity index (χ1) is 16.6. The Hall–Kier alpha value is -4.09. The lowest BCUT2D eigenvalue weighted by Gasteiger charge is -2.15. The molecule has 170 valence electrons. The van der Waals surface area contributed by atoms with Gasteiger partial charge in [0.05, 0.1) is 27.7 Å². The minimum atomic E-state index is -0.291. The highest BCUT2D eigenvalue weighted by molar-refractivity contribution is 9.10. The van der Waals surface area contributed by atoms with Crippen LogP contribution in [0, 0.1) is 11.3 Å². The van der Waals surface area contributed by atoms with Gasteiger partial charge in [-0.3, -0.25) is 4.79 Å². The van der Waals surface area contributed by atoms with Crippen LogP contribution in [0.2, 0.25) is 0 Å². The highest BCUT2D eigenvalue weighted by atomic mass is 79.9. The molecular formula is C26H21BrN4O3. The number of halogens is 1. The average Bonchev–Trinajstić information content (AvgIpc) is 3.27. The first kappa shape index (κ1) is 23.1. The van der Waals surface area contributed by atoms with Crippen LogP contribution >= 0.6 is 15.9 Å².